The predicted octanol–water partition coefficient (Wildman–Crippen LogP) is 1.08. The van der Waals surface area contributed by atoms with E-state index >= 15 is 0 Å². The van der Waals surface area contributed by atoms with Crippen LogP contribution in [0.25, 0.3) is 0 Å². The average Bonchev–Trinajstić information content (AvgIpc) is 1.69. The molecule has 0 spiro atoms. The van der Waals surface area contributed by atoms with Gasteiger partial charge in [-0.25, -0.2) is 5.41 Å². The molecule has 0 amide bonds. The maximum atomic E-state index is 6.30. The van der Waals surface area contributed by atoms with Crippen molar-refractivity contribution in [1.29, 1.82) is 5.41 Å². The maximum Gasteiger partial charge on any atom is 0.111 e. The van der Waals surface area contributed by atoms with Crippen molar-refractivity contribution < 1.29 is 0 Å². The van der Waals surface area contributed by atoms with Crippen LogP contribution in [0.2, 0.25) is 0 Å². The first kappa shape index (κ1) is 10.5. The van der Waals surface area contributed by atoms with Gasteiger partial charge in [-0.2, -0.15) is 0 Å². The van der Waals surface area contributed by atoms with Crippen molar-refractivity contribution in [2.45, 2.75) is 13.3 Å². The molecule has 0 fully saturated rings. The van der Waals surface area contributed by atoms with E-state index in [0.717, 1.165) is 13.0 Å². The van der Waals surface area contributed by atoms with Gasteiger partial charge in [0.15, 0.2) is 0 Å². The number of nitrogens with one attached hydrogen (secondary N) is 2. The van der Waals surface area contributed by atoms with Gasteiger partial charge in [0.25, 0.3) is 0 Å². The molecule has 0 saturated heterocycles. The third-order valence-corrected chi connectivity index (χ3v) is 0.497. The number of rotatable bonds is 3. The Morgan fingerprint density at radius 2 is 2.38 bits per heavy atom. The monoisotopic (exact) mass is 135 g/mol. The first-order valence-corrected chi connectivity index (χ1v) is 2.26. The first-order valence-electron chi connectivity index (χ1n) is 2.26. The van der Waals surface area contributed by atoms with Gasteiger partial charge in [0.05, 0.1) is 0 Å². The summed E-state index contributed by atoms with van der Waals surface area (Å²) >= 11 is 0. The summed E-state index contributed by atoms with van der Waals surface area (Å²) in [5.41, 5.74) is 2.61. The second kappa shape index (κ2) is 9.69. The van der Waals surface area contributed by atoms with E-state index in [2.05, 4.69) is 10.5 Å². The summed E-state index contributed by atoms with van der Waals surface area (Å²) in [6.45, 7) is 2.86. The molecule has 0 aliphatic heterocycles. The van der Waals surface area contributed by atoms with Crippen LogP contribution in [0.15, 0.2) is 5.10 Å². The summed E-state index contributed by atoms with van der Waals surface area (Å²) in [7, 11) is 0. The second-order valence-electron chi connectivity index (χ2n) is 1.13. The van der Waals surface area contributed by atoms with E-state index in [4.69, 9.17) is 5.41 Å². The van der Waals surface area contributed by atoms with Gasteiger partial charge in [-0.1, -0.05) is 6.92 Å². The number of halogens is 1. The third kappa shape index (κ3) is 9.08. The molecule has 0 radical (unpaired) electrons. The van der Waals surface area contributed by atoms with E-state index < -0.39 is 0 Å². The molecule has 0 bridgehead atoms. The lowest BCUT2D eigenvalue weighted by atomic mass is 10.5. The van der Waals surface area contributed by atoms with Crippen LogP contribution in [0.5, 0.6) is 0 Å². The summed E-state index contributed by atoms with van der Waals surface area (Å²) in [4.78, 5) is 0. The van der Waals surface area contributed by atoms with E-state index in [-0.39, 0.29) is 12.4 Å². The molecule has 0 rings (SSSR count). The molecule has 0 saturated carbocycles. The Hall–Kier alpha value is -0.530. The fraction of sp³-hybridized carbons (Fsp3) is 0.750. The van der Waals surface area contributed by atoms with Gasteiger partial charge in [-0.15, -0.1) is 17.5 Å². The molecule has 0 aliphatic carbocycles. The number of hydrazone groups is 1. The van der Waals surface area contributed by atoms with Crippen molar-refractivity contribution in [3.8, 4) is 0 Å². The molecular weight excluding hydrogens is 126 g/mol. The maximum absolute atomic E-state index is 6.30. The molecule has 4 heteroatoms. The molecule has 0 unspecified atom stereocenters. The molecule has 0 aromatic rings. The zero-order valence-corrected chi connectivity index (χ0v) is 5.59. The summed E-state index contributed by atoms with van der Waals surface area (Å²) in [5, 5.41) is 9.63. The Morgan fingerprint density at radius 3 is 2.75 bits per heavy atom. The SMILES string of the molecule is CCCNN=C=N.Cl. The van der Waals surface area contributed by atoms with Crippen LogP contribution >= 0.6 is 12.4 Å². The van der Waals surface area contributed by atoms with Gasteiger partial charge in [0.2, 0.25) is 0 Å². The normalized spacial score (nSPS) is 6.12. The lowest BCUT2D eigenvalue weighted by Gasteiger charge is -1.87. The highest BCUT2D eigenvalue weighted by atomic mass is 35.5. The summed E-state index contributed by atoms with van der Waals surface area (Å²) in [6, 6.07) is 1.87. The van der Waals surface area contributed by atoms with Gasteiger partial charge >= 0.3 is 0 Å². The smallest absolute Gasteiger partial charge is 0.111 e. The minimum Gasteiger partial charge on any atom is -0.301 e. The molecule has 3 nitrogen and oxygen atoms in total. The van der Waals surface area contributed by atoms with E-state index in [9.17, 15) is 0 Å². The van der Waals surface area contributed by atoms with Crippen molar-refractivity contribution in [3.63, 3.8) is 0 Å². The zero-order valence-electron chi connectivity index (χ0n) is 4.77. The molecule has 48 valence electrons. The number of nitrogens with zero attached hydrogens (tertiary/aromatic N) is 1. The van der Waals surface area contributed by atoms with Crippen molar-refractivity contribution in [2.24, 2.45) is 5.10 Å². The quantitative estimate of drug-likeness (QED) is 0.340. The number of hydrogen-bond acceptors (Lipinski definition) is 3. The molecule has 0 atom stereocenters. The average molecular weight is 136 g/mol. The Bertz CT molecular complexity index is 77.4. The Kier molecular flexibility index (Phi) is 12.7. The van der Waals surface area contributed by atoms with Crippen LogP contribution in [-0.2, 0) is 0 Å². The predicted molar refractivity (Wildman–Crippen MR) is 35.7 cm³/mol. The highest BCUT2D eigenvalue weighted by Gasteiger charge is 1.69. The van der Waals surface area contributed by atoms with Crippen LogP contribution in [0, 0.1) is 5.41 Å². The topological polar surface area (TPSA) is 48.2 Å². The van der Waals surface area contributed by atoms with Crippen molar-refractivity contribution in [3.05, 3.63) is 0 Å². The van der Waals surface area contributed by atoms with E-state index in [1.54, 1.807) is 0 Å². The summed E-state index contributed by atoms with van der Waals surface area (Å²) in [6.07, 6.45) is 1.03. The molecular formula is C4H10ClN3. The minimum absolute atomic E-state index is 0. The van der Waals surface area contributed by atoms with Gasteiger partial charge < -0.3 is 5.43 Å². The second-order valence-corrected chi connectivity index (χ2v) is 1.13. The van der Waals surface area contributed by atoms with Gasteiger partial charge in [-0.05, 0) is 6.42 Å². The van der Waals surface area contributed by atoms with Gasteiger partial charge in [0.1, 0.15) is 6.01 Å². The highest BCUT2D eigenvalue weighted by Crippen LogP contribution is 1.65. The van der Waals surface area contributed by atoms with Crippen LogP contribution in [-0.4, -0.2) is 12.6 Å². The van der Waals surface area contributed by atoms with Gasteiger partial charge in [-0.3, -0.25) is 0 Å². The first-order chi connectivity index (χ1) is 3.41. The van der Waals surface area contributed by atoms with Crippen LogP contribution < -0.4 is 5.43 Å². The van der Waals surface area contributed by atoms with E-state index in [1.807, 2.05) is 12.9 Å². The van der Waals surface area contributed by atoms with Crippen LogP contribution in [0.3, 0.4) is 0 Å². The Balaban J connectivity index is 0. The molecule has 0 aromatic carbocycles. The molecule has 0 aliphatic rings. The van der Waals surface area contributed by atoms with Crippen LogP contribution in [0.4, 0.5) is 0 Å². The minimum atomic E-state index is 0. The molecule has 8 heavy (non-hydrogen) atoms. The summed E-state index contributed by atoms with van der Waals surface area (Å²) < 4.78 is 0. The lowest BCUT2D eigenvalue weighted by molar-refractivity contribution is 0.719. The molecule has 2 N–H and O–H groups in total. The van der Waals surface area contributed by atoms with Crippen LogP contribution in [0.1, 0.15) is 13.3 Å². The van der Waals surface area contributed by atoms with Gasteiger partial charge in [0, 0.05) is 6.54 Å². The van der Waals surface area contributed by atoms with Crippen molar-refractivity contribution >= 4 is 18.4 Å². The Morgan fingerprint density at radius 1 is 1.75 bits per heavy atom. The zero-order chi connectivity index (χ0) is 5.54. The van der Waals surface area contributed by atoms with Crippen molar-refractivity contribution in [2.75, 3.05) is 6.54 Å². The molecule has 0 heterocycles. The lowest BCUT2D eigenvalue weighted by Crippen LogP contribution is -2.04. The highest BCUT2D eigenvalue weighted by molar-refractivity contribution is 5.85. The third-order valence-electron chi connectivity index (χ3n) is 0.497. The summed E-state index contributed by atoms with van der Waals surface area (Å²) in [5.74, 6) is 0. The number of hydrogen-bond donors (Lipinski definition) is 2. The van der Waals surface area contributed by atoms with E-state index in [0.29, 0.717) is 0 Å². The largest absolute Gasteiger partial charge is 0.301 e. The standard InChI is InChI=1S/C4H9N3.ClH/c1-2-3-6-7-4-5;/h5-6H,2-3H2,1H3;1H. The van der Waals surface area contributed by atoms with Crippen molar-refractivity contribution in [1.82, 2.24) is 5.43 Å². The molecule has 0 aromatic heterocycles. The van der Waals surface area contributed by atoms with E-state index in [1.165, 1.54) is 0 Å². The fourth-order valence-corrected chi connectivity index (χ4v) is 0.207. The fourth-order valence-electron chi connectivity index (χ4n) is 0.207. The Labute approximate surface area is 55.1 Å².